The van der Waals surface area contributed by atoms with Gasteiger partial charge in [0.25, 0.3) is 0 Å². The highest BCUT2D eigenvalue weighted by Crippen LogP contribution is 2.67. The van der Waals surface area contributed by atoms with Crippen molar-refractivity contribution >= 4 is 27.5 Å². The predicted octanol–water partition coefficient (Wildman–Crippen LogP) is 11.4. The fourth-order valence-electron chi connectivity index (χ4n) is 10.8. The lowest BCUT2D eigenvalue weighted by molar-refractivity contribution is -0.130. The van der Waals surface area contributed by atoms with E-state index >= 15 is 0 Å². The minimum atomic E-state index is 0.140. The van der Waals surface area contributed by atoms with Crippen molar-refractivity contribution in [1.29, 1.82) is 0 Å². The molecule has 0 bridgehead atoms. The number of unbranched alkanes of at least 4 members (excludes halogenated alkanes) is 4. The molecule has 3 saturated carbocycles. The number of amides is 1. The van der Waals surface area contributed by atoms with Crippen molar-refractivity contribution in [2.75, 3.05) is 18.8 Å². The van der Waals surface area contributed by atoms with Gasteiger partial charge in [0.05, 0.1) is 0 Å². The van der Waals surface area contributed by atoms with E-state index in [1.807, 2.05) is 10.8 Å². The summed E-state index contributed by atoms with van der Waals surface area (Å²) >= 11 is 0. The molecule has 0 aliphatic heterocycles. The van der Waals surface area contributed by atoms with Crippen LogP contribution in [0, 0.1) is 46.3 Å². The second kappa shape index (κ2) is 19.8. The van der Waals surface area contributed by atoms with E-state index in [-0.39, 0.29) is 6.04 Å². The van der Waals surface area contributed by atoms with Crippen LogP contribution < -0.4 is 11.5 Å². The van der Waals surface area contributed by atoms with Gasteiger partial charge >= 0.3 is 0 Å². The summed E-state index contributed by atoms with van der Waals surface area (Å²) in [5.74, 6) is 6.66. The molecule has 0 aromatic rings. The number of carbonyl (C=O) groups excluding carboxylic acids is 1. The number of hydrogen-bond donors (Lipinski definition) is 2. The molecule has 4 aliphatic rings. The van der Waals surface area contributed by atoms with Crippen molar-refractivity contribution < 1.29 is 4.79 Å². The number of carbonyl (C=O) groups is 1. The Balaban J connectivity index is 1.20. The Kier molecular flexibility index (Phi) is 16.8. The van der Waals surface area contributed by atoms with Crippen molar-refractivity contribution in [3.8, 4) is 0 Å². The van der Waals surface area contributed by atoms with Gasteiger partial charge < -0.3 is 16.4 Å². The van der Waals surface area contributed by atoms with E-state index < -0.39 is 0 Å². The van der Waals surface area contributed by atoms with Crippen LogP contribution in [-0.2, 0) is 4.79 Å². The van der Waals surface area contributed by atoms with Crippen LogP contribution in [0.15, 0.2) is 11.6 Å². The molecule has 4 N–H and O–H groups in total. The second-order valence-corrected chi connectivity index (χ2v) is 21.2. The van der Waals surface area contributed by atoms with Gasteiger partial charge in [-0.05, 0) is 137 Å². The van der Waals surface area contributed by atoms with Gasteiger partial charge in [-0.2, -0.15) is 0 Å². The van der Waals surface area contributed by atoms with Crippen molar-refractivity contribution in [3.63, 3.8) is 0 Å². The molecule has 0 radical (unpaired) electrons. The standard InChI is InChI=1S/C43H79N3OS2/c1-31(2)32(3)14-13-16-35-18-20-39-38-19-17-36-30-37(21-25-43(36,7)40(38)22-26-42(35,39)6)49-48-29-24-41(47)46(28-23-34(5)45)27-12-10-8-9-11-15-33(4)44/h17,31-35,37-40H,8-16,18-30,44-45H2,1-7H3. The second-order valence-electron chi connectivity index (χ2n) is 18.4. The summed E-state index contributed by atoms with van der Waals surface area (Å²) in [6, 6.07) is 0.450. The highest BCUT2D eigenvalue weighted by molar-refractivity contribution is 8.76. The van der Waals surface area contributed by atoms with E-state index in [2.05, 4.69) is 70.2 Å². The molecule has 49 heavy (non-hydrogen) atoms. The van der Waals surface area contributed by atoms with Crippen molar-refractivity contribution in [3.05, 3.63) is 11.6 Å². The molecule has 0 heterocycles. The third-order valence-corrected chi connectivity index (χ3v) is 17.4. The molecule has 10 atom stereocenters. The van der Waals surface area contributed by atoms with E-state index in [4.69, 9.17) is 11.5 Å². The van der Waals surface area contributed by atoms with E-state index in [1.54, 1.807) is 5.57 Å². The first-order valence-corrected chi connectivity index (χ1v) is 23.5. The number of fused-ring (bicyclic) bond motifs is 5. The molecule has 0 aromatic heterocycles. The van der Waals surface area contributed by atoms with Gasteiger partial charge in [-0.3, -0.25) is 4.79 Å². The van der Waals surface area contributed by atoms with E-state index in [9.17, 15) is 4.79 Å². The van der Waals surface area contributed by atoms with Crippen molar-refractivity contribution in [2.24, 2.45) is 57.8 Å². The highest BCUT2D eigenvalue weighted by Gasteiger charge is 2.58. The van der Waals surface area contributed by atoms with Gasteiger partial charge in [0.2, 0.25) is 5.91 Å². The number of allylic oxidation sites excluding steroid dienone is 2. The molecule has 284 valence electrons. The first-order valence-electron chi connectivity index (χ1n) is 21.1. The normalized spacial score (nSPS) is 32.9. The molecule has 0 spiro atoms. The van der Waals surface area contributed by atoms with Crippen LogP contribution in [0.2, 0.25) is 0 Å². The minimum absolute atomic E-state index is 0.140. The summed E-state index contributed by atoms with van der Waals surface area (Å²) in [6.45, 7) is 18.5. The largest absolute Gasteiger partial charge is 0.343 e. The predicted molar refractivity (Wildman–Crippen MR) is 218 cm³/mol. The van der Waals surface area contributed by atoms with Crippen LogP contribution >= 0.6 is 21.6 Å². The lowest BCUT2D eigenvalue weighted by atomic mass is 9.47. The van der Waals surface area contributed by atoms with Gasteiger partial charge in [-0.25, -0.2) is 0 Å². The Morgan fingerprint density at radius 3 is 2.33 bits per heavy atom. The van der Waals surface area contributed by atoms with Crippen LogP contribution in [0.25, 0.3) is 0 Å². The van der Waals surface area contributed by atoms with E-state index in [0.29, 0.717) is 34.4 Å². The molecule has 1 amide bonds. The maximum Gasteiger partial charge on any atom is 0.223 e. The summed E-state index contributed by atoms with van der Waals surface area (Å²) in [4.78, 5) is 15.4. The van der Waals surface area contributed by atoms with Gasteiger partial charge in [0, 0.05) is 42.6 Å². The van der Waals surface area contributed by atoms with Crippen LogP contribution in [0.4, 0.5) is 0 Å². The molecule has 4 nitrogen and oxygen atoms in total. The maximum atomic E-state index is 13.3. The number of rotatable bonds is 21. The third-order valence-electron chi connectivity index (χ3n) is 14.5. The lowest BCUT2D eigenvalue weighted by Crippen LogP contribution is -2.50. The van der Waals surface area contributed by atoms with Gasteiger partial charge in [-0.1, -0.05) is 106 Å². The number of nitrogens with two attached hydrogens (primary N) is 2. The molecule has 6 heteroatoms. The monoisotopic (exact) mass is 718 g/mol. The fourth-order valence-corrected chi connectivity index (χ4v) is 13.4. The molecular weight excluding hydrogens is 639 g/mol. The lowest BCUT2D eigenvalue weighted by Gasteiger charge is -2.58. The Bertz CT molecular complexity index is 1030. The Hall–Kier alpha value is -0.170. The SMILES string of the molecule is CC(N)CCCCCCCN(CCC(C)N)C(=O)CCSSC1CCC2(C)C(=CCC3C2CCC2(C)C(CCCC(C)C(C)C)CCC32)C1. The quantitative estimate of drug-likeness (QED) is 0.0702. The minimum Gasteiger partial charge on any atom is -0.343 e. The van der Waals surface area contributed by atoms with Gasteiger partial charge in [-0.15, -0.1) is 0 Å². The topological polar surface area (TPSA) is 72.3 Å². The molecule has 4 rings (SSSR count). The molecule has 4 aliphatic carbocycles. The number of nitrogens with zero attached hydrogens (tertiary/aromatic N) is 1. The highest BCUT2D eigenvalue weighted by atomic mass is 33.1. The number of hydrogen-bond acceptors (Lipinski definition) is 5. The zero-order valence-electron chi connectivity index (χ0n) is 33.2. The zero-order valence-corrected chi connectivity index (χ0v) is 34.8. The summed E-state index contributed by atoms with van der Waals surface area (Å²) in [6.07, 6.45) is 27.0. The summed E-state index contributed by atoms with van der Waals surface area (Å²) in [5.41, 5.74) is 14.8. The first-order chi connectivity index (χ1) is 23.3. The molecule has 0 aromatic carbocycles. The van der Waals surface area contributed by atoms with Crippen LogP contribution in [-0.4, -0.2) is 47.0 Å². The van der Waals surface area contributed by atoms with E-state index in [1.165, 1.54) is 96.3 Å². The zero-order chi connectivity index (χ0) is 35.6. The molecular formula is C43H79N3OS2. The summed E-state index contributed by atoms with van der Waals surface area (Å²) in [7, 11) is 4.05. The smallest absolute Gasteiger partial charge is 0.223 e. The molecule has 0 saturated heterocycles. The average Bonchev–Trinajstić information content (AvgIpc) is 3.39. The summed E-state index contributed by atoms with van der Waals surface area (Å²) < 4.78 is 0. The first kappa shape index (κ1) is 41.6. The van der Waals surface area contributed by atoms with Crippen molar-refractivity contribution in [1.82, 2.24) is 4.90 Å². The third kappa shape index (κ3) is 11.4. The van der Waals surface area contributed by atoms with Crippen LogP contribution in [0.3, 0.4) is 0 Å². The molecule has 3 fully saturated rings. The van der Waals surface area contributed by atoms with Crippen molar-refractivity contribution in [2.45, 2.75) is 188 Å². The summed E-state index contributed by atoms with van der Waals surface area (Å²) in [5, 5.41) is 0.699. The van der Waals surface area contributed by atoms with Gasteiger partial charge in [0.15, 0.2) is 0 Å². The Labute approximate surface area is 312 Å². The van der Waals surface area contributed by atoms with Gasteiger partial charge in [0.1, 0.15) is 0 Å². The van der Waals surface area contributed by atoms with Crippen LogP contribution in [0.1, 0.15) is 170 Å². The Morgan fingerprint density at radius 1 is 0.857 bits per heavy atom. The molecule has 10 unspecified atom stereocenters. The average molecular weight is 718 g/mol. The maximum absolute atomic E-state index is 13.3. The fraction of sp³-hybridized carbons (Fsp3) is 0.930. The van der Waals surface area contributed by atoms with E-state index in [0.717, 1.165) is 73.6 Å². The Morgan fingerprint density at radius 2 is 1.59 bits per heavy atom. The van der Waals surface area contributed by atoms with Crippen LogP contribution in [0.5, 0.6) is 0 Å².